The molecule has 21 heavy (non-hydrogen) atoms. The van der Waals surface area contributed by atoms with Crippen LogP contribution in [0.1, 0.15) is 42.3 Å². The molecule has 0 bridgehead atoms. The van der Waals surface area contributed by atoms with Crippen molar-refractivity contribution in [2.45, 2.75) is 52.5 Å². The van der Waals surface area contributed by atoms with E-state index >= 15 is 0 Å². The van der Waals surface area contributed by atoms with Gasteiger partial charge in [0.15, 0.2) is 5.96 Å². The second kappa shape index (κ2) is 8.17. The molecule has 4 nitrogen and oxygen atoms in total. The summed E-state index contributed by atoms with van der Waals surface area (Å²) >= 11 is 1.81. The molecule has 1 aromatic heterocycles. The zero-order valence-corrected chi connectivity index (χ0v) is 14.1. The summed E-state index contributed by atoms with van der Waals surface area (Å²) in [5, 5.41) is 8.01. The third-order valence-electron chi connectivity index (χ3n) is 3.56. The zero-order valence-electron chi connectivity index (χ0n) is 13.3. The third-order valence-corrected chi connectivity index (χ3v) is 4.63. The van der Waals surface area contributed by atoms with Gasteiger partial charge in [0.1, 0.15) is 0 Å². The minimum absolute atomic E-state index is 0.497. The third kappa shape index (κ3) is 4.84. The number of nitrogens with zero attached hydrogens (tertiary/aromatic N) is 2. The zero-order chi connectivity index (χ0) is 15.1. The minimum atomic E-state index is 0.497. The molecule has 0 fully saturated rings. The predicted molar refractivity (Wildman–Crippen MR) is 91.2 cm³/mol. The van der Waals surface area contributed by atoms with Crippen LogP contribution in [0.15, 0.2) is 17.1 Å². The molecule has 0 saturated carbocycles. The van der Waals surface area contributed by atoms with Crippen LogP contribution in [0.4, 0.5) is 0 Å². The Morgan fingerprint density at radius 3 is 2.76 bits per heavy atom. The molecule has 116 valence electrons. The van der Waals surface area contributed by atoms with Gasteiger partial charge in [0.25, 0.3) is 0 Å². The number of rotatable bonds is 6. The van der Waals surface area contributed by atoms with Gasteiger partial charge in [-0.05, 0) is 33.1 Å². The molecule has 0 saturated heterocycles. The molecule has 0 spiro atoms. The molecule has 1 aliphatic rings. The van der Waals surface area contributed by atoms with Gasteiger partial charge in [0, 0.05) is 30.4 Å². The molecule has 2 rings (SSSR count). The van der Waals surface area contributed by atoms with Gasteiger partial charge in [0.05, 0.1) is 10.7 Å². The maximum atomic E-state index is 4.67. The summed E-state index contributed by atoms with van der Waals surface area (Å²) in [6.45, 7) is 8.09. The Kier molecular flexibility index (Phi) is 6.23. The van der Waals surface area contributed by atoms with E-state index in [2.05, 4.69) is 53.5 Å². The van der Waals surface area contributed by atoms with Gasteiger partial charge in [-0.1, -0.05) is 19.1 Å². The van der Waals surface area contributed by atoms with E-state index in [4.69, 9.17) is 0 Å². The molecule has 2 N–H and O–H groups in total. The standard InChI is InChI=1S/C16H26N4S/c1-4-14-12(3)21-15(20-14)10-11-18-16(17-5-2)19-13-8-6-7-9-13/h6-7,13H,4-5,8-11H2,1-3H3,(H2,17,18,19). The molecule has 0 radical (unpaired) electrons. The summed E-state index contributed by atoms with van der Waals surface area (Å²) < 4.78 is 0. The van der Waals surface area contributed by atoms with Gasteiger partial charge in [0.2, 0.25) is 0 Å². The van der Waals surface area contributed by atoms with Crippen LogP contribution in [-0.2, 0) is 12.8 Å². The summed E-state index contributed by atoms with van der Waals surface area (Å²) in [4.78, 5) is 10.7. The van der Waals surface area contributed by atoms with Crippen molar-refractivity contribution in [3.05, 3.63) is 27.7 Å². The summed E-state index contributed by atoms with van der Waals surface area (Å²) in [6.07, 6.45) is 8.58. The summed E-state index contributed by atoms with van der Waals surface area (Å²) in [6, 6.07) is 0.497. The number of aryl methyl sites for hydroxylation is 2. The van der Waals surface area contributed by atoms with Crippen molar-refractivity contribution in [3.8, 4) is 0 Å². The molecule has 1 aliphatic carbocycles. The maximum absolute atomic E-state index is 4.67. The number of hydrogen-bond donors (Lipinski definition) is 2. The Balaban J connectivity index is 1.86. The first-order valence-corrected chi connectivity index (χ1v) is 8.69. The lowest BCUT2D eigenvalue weighted by atomic mass is 10.2. The lowest BCUT2D eigenvalue weighted by molar-refractivity contribution is 0.633. The summed E-state index contributed by atoms with van der Waals surface area (Å²) in [7, 11) is 0. The van der Waals surface area contributed by atoms with Crippen LogP contribution in [0.2, 0.25) is 0 Å². The first kappa shape index (κ1) is 16.0. The number of thiazole rings is 1. The Bertz CT molecular complexity index is 496. The van der Waals surface area contributed by atoms with E-state index in [0.29, 0.717) is 6.04 Å². The first-order valence-electron chi connectivity index (χ1n) is 7.88. The monoisotopic (exact) mass is 306 g/mol. The van der Waals surface area contributed by atoms with Crippen LogP contribution < -0.4 is 10.6 Å². The highest BCUT2D eigenvalue weighted by atomic mass is 32.1. The lowest BCUT2D eigenvalue weighted by Crippen LogP contribution is -2.42. The van der Waals surface area contributed by atoms with Crippen LogP contribution in [-0.4, -0.2) is 30.1 Å². The molecule has 0 aliphatic heterocycles. The largest absolute Gasteiger partial charge is 0.357 e. The average molecular weight is 306 g/mol. The van der Waals surface area contributed by atoms with Gasteiger partial charge in [-0.15, -0.1) is 11.3 Å². The van der Waals surface area contributed by atoms with Crippen molar-refractivity contribution in [1.29, 1.82) is 0 Å². The van der Waals surface area contributed by atoms with Crippen molar-refractivity contribution >= 4 is 17.3 Å². The normalized spacial score (nSPS) is 15.7. The quantitative estimate of drug-likeness (QED) is 0.483. The van der Waals surface area contributed by atoms with Crippen molar-refractivity contribution in [3.63, 3.8) is 0 Å². The van der Waals surface area contributed by atoms with Gasteiger partial charge in [-0.2, -0.15) is 0 Å². The van der Waals surface area contributed by atoms with E-state index in [1.165, 1.54) is 15.6 Å². The van der Waals surface area contributed by atoms with Crippen molar-refractivity contribution in [2.75, 3.05) is 13.1 Å². The summed E-state index contributed by atoms with van der Waals surface area (Å²) in [5.41, 5.74) is 1.24. The smallest absolute Gasteiger partial charge is 0.191 e. The number of nitrogens with one attached hydrogen (secondary N) is 2. The Morgan fingerprint density at radius 2 is 2.14 bits per heavy atom. The van der Waals surface area contributed by atoms with Gasteiger partial charge in [-0.3, -0.25) is 4.99 Å². The summed E-state index contributed by atoms with van der Waals surface area (Å²) in [5.74, 6) is 0.926. The predicted octanol–water partition coefficient (Wildman–Crippen LogP) is 2.83. The highest BCUT2D eigenvalue weighted by Gasteiger charge is 2.11. The molecule has 0 atom stereocenters. The fourth-order valence-electron chi connectivity index (χ4n) is 2.43. The van der Waals surface area contributed by atoms with Gasteiger partial charge in [-0.25, -0.2) is 4.98 Å². The molecular formula is C16H26N4S. The molecule has 0 aromatic carbocycles. The molecular weight excluding hydrogens is 280 g/mol. The second-order valence-electron chi connectivity index (χ2n) is 5.26. The van der Waals surface area contributed by atoms with Crippen LogP contribution in [0.3, 0.4) is 0 Å². The number of aliphatic imine (C=N–C) groups is 1. The van der Waals surface area contributed by atoms with E-state index in [1.807, 2.05) is 0 Å². The number of aromatic nitrogens is 1. The Morgan fingerprint density at radius 1 is 1.38 bits per heavy atom. The van der Waals surface area contributed by atoms with E-state index < -0.39 is 0 Å². The van der Waals surface area contributed by atoms with Crippen LogP contribution >= 0.6 is 11.3 Å². The first-order chi connectivity index (χ1) is 10.2. The Labute approximate surface area is 131 Å². The van der Waals surface area contributed by atoms with E-state index in [-0.39, 0.29) is 0 Å². The van der Waals surface area contributed by atoms with Crippen molar-refractivity contribution < 1.29 is 0 Å². The fraction of sp³-hybridized carbons (Fsp3) is 0.625. The molecule has 0 unspecified atom stereocenters. The lowest BCUT2D eigenvalue weighted by Gasteiger charge is -2.16. The molecule has 5 heteroatoms. The van der Waals surface area contributed by atoms with E-state index in [0.717, 1.165) is 44.7 Å². The molecule has 1 heterocycles. The van der Waals surface area contributed by atoms with Crippen LogP contribution in [0.25, 0.3) is 0 Å². The van der Waals surface area contributed by atoms with Gasteiger partial charge < -0.3 is 10.6 Å². The maximum Gasteiger partial charge on any atom is 0.191 e. The topological polar surface area (TPSA) is 49.3 Å². The number of hydrogen-bond acceptors (Lipinski definition) is 3. The SMILES string of the molecule is CCNC(=NCCc1nc(CC)c(C)s1)NC1CC=CC1. The molecule has 0 amide bonds. The van der Waals surface area contributed by atoms with Crippen molar-refractivity contribution in [1.82, 2.24) is 15.6 Å². The van der Waals surface area contributed by atoms with Crippen LogP contribution in [0, 0.1) is 6.92 Å². The highest BCUT2D eigenvalue weighted by molar-refractivity contribution is 7.11. The minimum Gasteiger partial charge on any atom is -0.357 e. The average Bonchev–Trinajstić information content (AvgIpc) is 3.08. The Hall–Kier alpha value is -1.36. The van der Waals surface area contributed by atoms with Crippen LogP contribution in [0.5, 0.6) is 0 Å². The van der Waals surface area contributed by atoms with Gasteiger partial charge >= 0.3 is 0 Å². The van der Waals surface area contributed by atoms with E-state index in [1.54, 1.807) is 11.3 Å². The highest BCUT2D eigenvalue weighted by Crippen LogP contribution is 2.18. The second-order valence-corrected chi connectivity index (χ2v) is 6.55. The van der Waals surface area contributed by atoms with E-state index in [9.17, 15) is 0 Å². The fourth-order valence-corrected chi connectivity index (χ4v) is 3.44. The van der Waals surface area contributed by atoms with Crippen molar-refractivity contribution in [2.24, 2.45) is 4.99 Å². The number of guanidine groups is 1. The molecule has 1 aromatic rings.